The summed E-state index contributed by atoms with van der Waals surface area (Å²) in [5, 5.41) is 0. The Morgan fingerprint density at radius 1 is 0.300 bits per heavy atom. The van der Waals surface area contributed by atoms with E-state index >= 15 is 0 Å². The highest BCUT2D eigenvalue weighted by Crippen LogP contribution is 2.42. The lowest BCUT2D eigenvalue weighted by atomic mass is 9.91. The first-order valence-corrected chi connectivity index (χ1v) is 27.7. The van der Waals surface area contributed by atoms with Crippen LogP contribution in [0.15, 0.2) is 243 Å². The highest BCUT2D eigenvalue weighted by molar-refractivity contribution is 5.20. The average molecular weight is 1080 g/mol. The second-order valence-corrected chi connectivity index (χ2v) is 20.4. The molecule has 2 fully saturated rings. The third kappa shape index (κ3) is 16.2. The van der Waals surface area contributed by atoms with Crippen molar-refractivity contribution in [1.29, 1.82) is 0 Å². The minimum atomic E-state index is -1.64. The molecule has 10 unspecified atom stereocenters. The molecule has 0 spiro atoms. The molecular weight excluding hydrogens is 1000 g/mol. The van der Waals surface area contributed by atoms with Gasteiger partial charge in [-0.25, -0.2) is 0 Å². The maximum Gasteiger partial charge on any atom is 0.198 e. The van der Waals surface area contributed by atoms with Crippen LogP contribution < -0.4 is 0 Å². The normalized spacial score (nSPS) is 23.8. The molecule has 2 saturated heterocycles. The van der Waals surface area contributed by atoms with Crippen molar-refractivity contribution < 1.29 is 52.1 Å². The molecule has 11 nitrogen and oxygen atoms in total. The third-order valence-corrected chi connectivity index (χ3v) is 14.3. The minimum absolute atomic E-state index is 0.123. The minimum Gasteiger partial charge on any atom is -0.374 e. The van der Waals surface area contributed by atoms with Gasteiger partial charge in [0.2, 0.25) is 0 Å². The molecule has 8 aromatic rings. The predicted molar refractivity (Wildman–Crippen MR) is 305 cm³/mol. The first-order valence-electron chi connectivity index (χ1n) is 27.7. The topological polar surface area (TPSA) is 102 Å². The van der Waals surface area contributed by atoms with Gasteiger partial charge in [0.15, 0.2) is 12.1 Å². The summed E-state index contributed by atoms with van der Waals surface area (Å²) in [6, 6.07) is 80.7. The van der Waals surface area contributed by atoms with Crippen LogP contribution in [0.3, 0.4) is 0 Å². The molecule has 10 atom stereocenters. The molecule has 0 aliphatic carbocycles. The van der Waals surface area contributed by atoms with Crippen LogP contribution in [0.25, 0.3) is 0 Å². The summed E-state index contributed by atoms with van der Waals surface area (Å²) in [4.78, 5) is 0. The highest BCUT2D eigenvalue weighted by atomic mass is 16.8. The number of hydrogen-bond donors (Lipinski definition) is 0. The Hall–Kier alpha value is -6.68. The van der Waals surface area contributed by atoms with Gasteiger partial charge in [-0.1, -0.05) is 243 Å². The number of rotatable bonds is 28. The van der Waals surface area contributed by atoms with Gasteiger partial charge in [-0.3, -0.25) is 0 Å². The second-order valence-electron chi connectivity index (χ2n) is 20.4. The Labute approximate surface area is 471 Å². The van der Waals surface area contributed by atoms with Crippen molar-refractivity contribution in [2.45, 2.75) is 121 Å². The molecule has 2 heterocycles. The standard InChI is InChI=1S/C69H72O11/c1-69(67(77-49-59-40-24-9-25-41-59)65(75-47-57-36-20-7-21-37-57)63(73-45-55-32-16-5-17-33-55)61(79-69)51-71-43-53-28-12-3-13-29-53)80-68-66(76-48-58-38-22-8-23-39-58)64(74-46-56-34-18-6-19-35-56)62(72-44-54-30-14-4-15-31-54)60(78-68)50-70-42-52-26-10-2-11-27-52/h2-41,60-68H,42-51H2,1H3. The SMILES string of the molecule is CC1(OC2OC(COCc3ccccc3)C(OCc3ccccc3)C(OCc3ccccc3)C2OCc2ccccc2)OC(COCc2ccccc2)C(OCc2ccccc2)C(OCc2ccccc2)C1OCc1ccccc1. The van der Waals surface area contributed by atoms with Crippen molar-refractivity contribution in [3.63, 3.8) is 0 Å². The van der Waals surface area contributed by atoms with E-state index in [0.29, 0.717) is 13.2 Å². The van der Waals surface area contributed by atoms with Crippen molar-refractivity contribution in [3.8, 4) is 0 Å². The highest BCUT2D eigenvalue weighted by Gasteiger charge is 2.59. The summed E-state index contributed by atoms with van der Waals surface area (Å²) >= 11 is 0. The second kappa shape index (κ2) is 29.7. The fourth-order valence-corrected chi connectivity index (χ4v) is 10.2. The number of ether oxygens (including phenoxy) is 11. The van der Waals surface area contributed by atoms with Crippen molar-refractivity contribution in [3.05, 3.63) is 287 Å². The zero-order chi connectivity index (χ0) is 54.4. The van der Waals surface area contributed by atoms with Gasteiger partial charge in [-0.15, -0.1) is 0 Å². The summed E-state index contributed by atoms with van der Waals surface area (Å²) in [6.07, 6.45) is -7.53. The molecule has 0 saturated carbocycles. The molecule has 8 aromatic carbocycles. The first kappa shape index (κ1) is 56.6. The summed E-state index contributed by atoms with van der Waals surface area (Å²) in [6.45, 7) is 4.28. The van der Waals surface area contributed by atoms with Crippen molar-refractivity contribution in [2.75, 3.05) is 13.2 Å². The Kier molecular flexibility index (Phi) is 21.0. The van der Waals surface area contributed by atoms with Gasteiger partial charge in [0.05, 0.1) is 66.1 Å². The third-order valence-electron chi connectivity index (χ3n) is 14.3. The molecule has 10 rings (SSSR count). The van der Waals surface area contributed by atoms with E-state index in [0.717, 1.165) is 44.5 Å². The lowest BCUT2D eigenvalue weighted by Crippen LogP contribution is -2.70. The summed E-state index contributed by atoms with van der Waals surface area (Å²) in [7, 11) is 0. The molecular formula is C69H72O11. The molecule has 0 aromatic heterocycles. The fourth-order valence-electron chi connectivity index (χ4n) is 10.2. The lowest BCUT2D eigenvalue weighted by molar-refractivity contribution is -0.431. The van der Waals surface area contributed by atoms with Gasteiger partial charge in [-0.2, -0.15) is 0 Å². The maximum absolute atomic E-state index is 7.62. The average Bonchev–Trinajstić information content (AvgIpc) is 3.60. The quantitative estimate of drug-likeness (QED) is 0.0469. The molecule has 11 heteroatoms. The van der Waals surface area contributed by atoms with Crippen LogP contribution in [0.4, 0.5) is 0 Å². The van der Waals surface area contributed by atoms with Crippen LogP contribution in [-0.2, 0) is 105 Å². The van der Waals surface area contributed by atoms with Crippen LogP contribution in [0.5, 0.6) is 0 Å². The lowest BCUT2D eigenvalue weighted by Gasteiger charge is -2.53. The van der Waals surface area contributed by atoms with Crippen molar-refractivity contribution in [2.24, 2.45) is 0 Å². The van der Waals surface area contributed by atoms with Crippen LogP contribution in [0.1, 0.15) is 51.4 Å². The molecule has 2 aliphatic heterocycles. The van der Waals surface area contributed by atoms with E-state index in [4.69, 9.17) is 52.1 Å². The Bertz CT molecular complexity index is 2950. The Morgan fingerprint density at radius 3 is 0.938 bits per heavy atom. The van der Waals surface area contributed by atoms with Gasteiger partial charge in [0, 0.05) is 0 Å². The summed E-state index contributed by atoms with van der Waals surface area (Å²) in [5.74, 6) is -1.64. The van der Waals surface area contributed by atoms with E-state index in [2.05, 4.69) is 0 Å². The Morgan fingerprint density at radius 2 is 0.575 bits per heavy atom. The summed E-state index contributed by atoms with van der Waals surface area (Å²) < 4.78 is 78.4. The number of benzene rings is 8. The van der Waals surface area contributed by atoms with Crippen LogP contribution in [-0.4, -0.2) is 74.1 Å². The van der Waals surface area contributed by atoms with Crippen LogP contribution in [0, 0.1) is 0 Å². The van der Waals surface area contributed by atoms with Gasteiger partial charge in [-0.05, 0) is 51.4 Å². The van der Waals surface area contributed by atoms with Crippen molar-refractivity contribution in [1.82, 2.24) is 0 Å². The molecule has 0 N–H and O–H groups in total. The molecule has 0 radical (unpaired) electrons. The van der Waals surface area contributed by atoms with Crippen LogP contribution in [0.2, 0.25) is 0 Å². The van der Waals surface area contributed by atoms with E-state index in [9.17, 15) is 0 Å². The number of hydrogen-bond acceptors (Lipinski definition) is 11. The van der Waals surface area contributed by atoms with Gasteiger partial charge < -0.3 is 52.1 Å². The van der Waals surface area contributed by atoms with E-state index in [-0.39, 0.29) is 52.9 Å². The first-order chi connectivity index (χ1) is 39.5. The largest absolute Gasteiger partial charge is 0.374 e. The zero-order valence-electron chi connectivity index (χ0n) is 45.4. The van der Waals surface area contributed by atoms with E-state index in [1.54, 1.807) is 0 Å². The predicted octanol–water partition coefficient (Wildman–Crippen LogP) is 12.8. The van der Waals surface area contributed by atoms with Gasteiger partial charge in [0.25, 0.3) is 0 Å². The molecule has 80 heavy (non-hydrogen) atoms. The molecule has 414 valence electrons. The van der Waals surface area contributed by atoms with E-state index in [1.165, 1.54) is 0 Å². The smallest absolute Gasteiger partial charge is 0.198 e. The van der Waals surface area contributed by atoms with Gasteiger partial charge >= 0.3 is 0 Å². The fraction of sp³-hybridized carbons (Fsp3) is 0.304. The van der Waals surface area contributed by atoms with E-state index < -0.39 is 60.9 Å². The zero-order valence-corrected chi connectivity index (χ0v) is 45.4. The molecule has 0 amide bonds. The van der Waals surface area contributed by atoms with Crippen molar-refractivity contribution >= 4 is 0 Å². The molecule has 2 aliphatic rings. The van der Waals surface area contributed by atoms with Crippen LogP contribution >= 0.6 is 0 Å². The van der Waals surface area contributed by atoms with E-state index in [1.807, 2.05) is 250 Å². The van der Waals surface area contributed by atoms with Gasteiger partial charge in [0.1, 0.15) is 48.8 Å². The summed E-state index contributed by atoms with van der Waals surface area (Å²) in [5.41, 5.74) is 7.88. The maximum atomic E-state index is 7.62. The molecule has 0 bridgehead atoms. The Balaban J connectivity index is 1.06. The monoisotopic (exact) mass is 1080 g/mol.